The van der Waals surface area contributed by atoms with Crippen LogP contribution in [0, 0.1) is 12.1 Å². The quantitative estimate of drug-likeness (QED) is 0.714. The van der Waals surface area contributed by atoms with E-state index in [2.05, 4.69) is 12.1 Å². The zero-order chi connectivity index (χ0) is 10.8. The SMILES string of the molecule is CN1C(=O)CCC[C@H]1c1c#cc(Cl)cc1. The van der Waals surface area contributed by atoms with Crippen LogP contribution in [0.2, 0.25) is 5.02 Å². The summed E-state index contributed by atoms with van der Waals surface area (Å²) in [6, 6.07) is 9.69. The Morgan fingerprint density at radius 1 is 1.47 bits per heavy atom. The average Bonchev–Trinajstić information content (AvgIpc) is 2.24. The Hall–Kier alpha value is -1.20. The van der Waals surface area contributed by atoms with Gasteiger partial charge in [0.2, 0.25) is 5.91 Å². The molecule has 15 heavy (non-hydrogen) atoms. The van der Waals surface area contributed by atoms with Gasteiger partial charge in [-0.1, -0.05) is 17.7 Å². The summed E-state index contributed by atoms with van der Waals surface area (Å²) in [5.41, 5.74) is 0.995. The van der Waals surface area contributed by atoms with Crippen molar-refractivity contribution in [2.45, 2.75) is 25.3 Å². The molecule has 1 atom stereocenters. The first-order valence-electron chi connectivity index (χ1n) is 5.03. The van der Waals surface area contributed by atoms with Gasteiger partial charge in [-0.05, 0) is 31.0 Å². The molecule has 0 spiro atoms. The lowest BCUT2D eigenvalue weighted by molar-refractivity contribution is -0.134. The maximum Gasteiger partial charge on any atom is 0.222 e. The van der Waals surface area contributed by atoms with Crippen molar-refractivity contribution >= 4 is 17.5 Å². The third kappa shape index (κ3) is 2.08. The molecule has 1 heterocycles. The number of nitrogens with zero attached hydrogens (tertiary/aromatic N) is 1. The minimum absolute atomic E-state index is 0.139. The van der Waals surface area contributed by atoms with Crippen LogP contribution < -0.4 is 0 Å². The van der Waals surface area contributed by atoms with Gasteiger partial charge < -0.3 is 4.90 Å². The van der Waals surface area contributed by atoms with Crippen LogP contribution in [0.25, 0.3) is 0 Å². The zero-order valence-corrected chi connectivity index (χ0v) is 9.34. The Labute approximate surface area is 94.8 Å². The van der Waals surface area contributed by atoms with Crippen molar-refractivity contribution in [2.24, 2.45) is 0 Å². The molecule has 1 aromatic rings. The summed E-state index contributed by atoms with van der Waals surface area (Å²) in [5, 5.41) is 0.559. The number of carbonyl (C=O) groups is 1. The van der Waals surface area contributed by atoms with E-state index in [4.69, 9.17) is 11.6 Å². The Morgan fingerprint density at radius 3 is 2.93 bits per heavy atom. The minimum Gasteiger partial charge on any atom is -0.338 e. The van der Waals surface area contributed by atoms with Crippen LogP contribution in [0.4, 0.5) is 0 Å². The Balaban J connectivity index is 2.22. The van der Waals surface area contributed by atoms with Crippen molar-refractivity contribution in [3.63, 3.8) is 0 Å². The van der Waals surface area contributed by atoms with Crippen LogP contribution in [0.5, 0.6) is 0 Å². The van der Waals surface area contributed by atoms with Crippen molar-refractivity contribution in [3.8, 4) is 0 Å². The molecule has 1 aromatic carbocycles. The first-order chi connectivity index (χ1) is 7.18. The zero-order valence-electron chi connectivity index (χ0n) is 8.59. The van der Waals surface area contributed by atoms with Crippen LogP contribution in [0.15, 0.2) is 12.1 Å². The summed E-state index contributed by atoms with van der Waals surface area (Å²) >= 11 is 5.75. The number of halogens is 1. The average molecular weight is 222 g/mol. The summed E-state index contributed by atoms with van der Waals surface area (Å²) in [7, 11) is 1.84. The van der Waals surface area contributed by atoms with Crippen molar-refractivity contribution in [1.82, 2.24) is 4.90 Å². The molecular weight excluding hydrogens is 210 g/mol. The summed E-state index contributed by atoms with van der Waals surface area (Å²) in [4.78, 5) is 13.3. The highest BCUT2D eigenvalue weighted by Crippen LogP contribution is 2.29. The summed E-state index contributed by atoms with van der Waals surface area (Å²) < 4.78 is 0. The monoisotopic (exact) mass is 221 g/mol. The van der Waals surface area contributed by atoms with Gasteiger partial charge in [-0.3, -0.25) is 4.79 Å². The lowest BCUT2D eigenvalue weighted by Crippen LogP contribution is -2.34. The van der Waals surface area contributed by atoms with E-state index in [-0.39, 0.29) is 11.9 Å². The van der Waals surface area contributed by atoms with Gasteiger partial charge in [0.25, 0.3) is 0 Å². The van der Waals surface area contributed by atoms with Gasteiger partial charge in [-0.25, -0.2) is 0 Å². The van der Waals surface area contributed by atoms with Gasteiger partial charge in [-0.2, -0.15) is 0 Å². The van der Waals surface area contributed by atoms with Crippen molar-refractivity contribution in [1.29, 1.82) is 0 Å². The molecule has 1 amide bonds. The number of piperidine rings is 1. The highest BCUT2D eigenvalue weighted by Gasteiger charge is 2.25. The van der Waals surface area contributed by atoms with Crippen LogP contribution in [-0.2, 0) is 4.79 Å². The Kier molecular flexibility index (Phi) is 2.83. The van der Waals surface area contributed by atoms with Crippen molar-refractivity contribution in [2.75, 3.05) is 7.05 Å². The van der Waals surface area contributed by atoms with Gasteiger partial charge in [0.1, 0.15) is 0 Å². The third-order valence-corrected chi connectivity index (χ3v) is 3.04. The fraction of sp³-hybridized carbons (Fsp3) is 0.417. The number of hydrogen-bond acceptors (Lipinski definition) is 1. The molecule has 0 saturated carbocycles. The fourth-order valence-electron chi connectivity index (χ4n) is 1.93. The molecule has 1 saturated heterocycles. The third-order valence-electron chi connectivity index (χ3n) is 2.82. The largest absolute Gasteiger partial charge is 0.338 e. The predicted molar refractivity (Wildman–Crippen MR) is 58.5 cm³/mol. The fourth-order valence-corrected chi connectivity index (χ4v) is 2.04. The van der Waals surface area contributed by atoms with E-state index in [1.54, 1.807) is 11.0 Å². The molecule has 0 bridgehead atoms. The summed E-state index contributed by atoms with van der Waals surface area (Å²) in [6.45, 7) is 0. The van der Waals surface area contributed by atoms with Crippen molar-refractivity contribution < 1.29 is 4.79 Å². The molecule has 2 nitrogen and oxygen atoms in total. The maximum atomic E-state index is 11.5. The van der Waals surface area contributed by atoms with Crippen LogP contribution in [-0.4, -0.2) is 17.9 Å². The van der Waals surface area contributed by atoms with E-state index in [0.29, 0.717) is 11.4 Å². The van der Waals surface area contributed by atoms with Gasteiger partial charge in [0.05, 0.1) is 11.1 Å². The van der Waals surface area contributed by atoms with Gasteiger partial charge in [-0.15, -0.1) is 0 Å². The molecule has 0 aliphatic carbocycles. The van der Waals surface area contributed by atoms with E-state index < -0.39 is 0 Å². The van der Waals surface area contributed by atoms with E-state index in [1.165, 1.54) is 0 Å². The molecule has 3 heteroatoms. The topological polar surface area (TPSA) is 20.3 Å². The van der Waals surface area contributed by atoms with Crippen molar-refractivity contribution in [3.05, 3.63) is 34.9 Å². The standard InChI is InChI=1S/C12H12ClNO/c1-14-11(3-2-4-12(14)15)9-5-7-10(13)8-6-9/h5,7,11H,2-4H2,1H3/t11-/m0/s1. The van der Waals surface area contributed by atoms with E-state index in [1.807, 2.05) is 13.1 Å². The van der Waals surface area contributed by atoms with Crippen LogP contribution in [0.3, 0.4) is 0 Å². The lowest BCUT2D eigenvalue weighted by Gasteiger charge is -2.31. The molecule has 0 radical (unpaired) electrons. The highest BCUT2D eigenvalue weighted by molar-refractivity contribution is 6.30. The second kappa shape index (κ2) is 4.12. The maximum absolute atomic E-state index is 11.5. The molecule has 0 aromatic heterocycles. The van der Waals surface area contributed by atoms with Gasteiger partial charge >= 0.3 is 0 Å². The van der Waals surface area contributed by atoms with Gasteiger partial charge in [0, 0.05) is 19.0 Å². The van der Waals surface area contributed by atoms with E-state index >= 15 is 0 Å². The minimum atomic E-state index is 0.139. The molecule has 78 valence electrons. The summed E-state index contributed by atoms with van der Waals surface area (Å²) in [6.07, 6.45) is 2.60. The molecule has 0 N–H and O–H groups in total. The van der Waals surface area contributed by atoms with Crippen LogP contribution >= 0.6 is 11.6 Å². The second-order valence-corrected chi connectivity index (χ2v) is 4.21. The Bertz CT molecular complexity index is 360. The second-order valence-electron chi connectivity index (χ2n) is 3.80. The predicted octanol–water partition coefficient (Wildman–Crippen LogP) is 2.62. The lowest BCUT2D eigenvalue weighted by atomic mass is 9.96. The number of carbonyl (C=O) groups excluding carboxylic acids is 1. The Morgan fingerprint density at radius 2 is 2.27 bits per heavy atom. The number of likely N-dealkylation sites (tertiary alicyclic amines) is 1. The number of hydrogen-bond donors (Lipinski definition) is 0. The number of amides is 1. The first-order valence-corrected chi connectivity index (χ1v) is 5.41. The smallest absolute Gasteiger partial charge is 0.222 e. The highest BCUT2D eigenvalue weighted by atomic mass is 35.5. The first kappa shape index (κ1) is 10.3. The van der Waals surface area contributed by atoms with Crippen LogP contribution in [0.1, 0.15) is 30.9 Å². The molecule has 1 aliphatic heterocycles. The van der Waals surface area contributed by atoms with E-state index in [0.717, 1.165) is 18.4 Å². The summed E-state index contributed by atoms with van der Waals surface area (Å²) in [5.74, 6) is 0.203. The number of rotatable bonds is 1. The van der Waals surface area contributed by atoms with Gasteiger partial charge in [0.15, 0.2) is 0 Å². The van der Waals surface area contributed by atoms with E-state index in [9.17, 15) is 4.79 Å². The molecule has 1 aliphatic rings. The molecule has 0 unspecified atom stereocenters. The molecular formula is C12H12ClNO. The molecule has 1 fully saturated rings. The molecule has 2 rings (SSSR count). The normalized spacial score (nSPS) is 21.3.